The Morgan fingerprint density at radius 2 is 1.54 bits per heavy atom. The van der Waals surface area contributed by atoms with Gasteiger partial charge in [-0.05, 0) is 47.4 Å². The van der Waals surface area contributed by atoms with Gasteiger partial charge in [0.15, 0.2) is 23.0 Å². The third-order valence-corrected chi connectivity index (χ3v) is 3.77. The fourth-order valence-electron chi connectivity index (χ4n) is 2.64. The standard InChI is InChI=1S/C17H18O7/c18-4-3-10-6-15(21)16(22)7-11(10)12(8-17(23)24)9-1-2-13(19)14(20)5-9/h1-2,5-7,12,18-22H,3-4,8H2,(H,23,24)/t12-/m0/s1. The highest BCUT2D eigenvalue weighted by Gasteiger charge is 2.23. The molecule has 0 bridgehead atoms. The predicted molar refractivity (Wildman–Crippen MR) is 84.4 cm³/mol. The number of aliphatic carboxylic acids is 1. The van der Waals surface area contributed by atoms with Crippen LogP contribution in [-0.2, 0) is 11.2 Å². The van der Waals surface area contributed by atoms with E-state index in [1.165, 1.54) is 30.3 Å². The number of hydrogen-bond donors (Lipinski definition) is 6. The van der Waals surface area contributed by atoms with Gasteiger partial charge in [-0.1, -0.05) is 6.07 Å². The van der Waals surface area contributed by atoms with E-state index in [2.05, 4.69) is 0 Å². The highest BCUT2D eigenvalue weighted by Crippen LogP contribution is 2.39. The highest BCUT2D eigenvalue weighted by atomic mass is 16.4. The van der Waals surface area contributed by atoms with Crippen LogP contribution in [0.5, 0.6) is 23.0 Å². The van der Waals surface area contributed by atoms with E-state index in [4.69, 9.17) is 0 Å². The van der Waals surface area contributed by atoms with Crippen LogP contribution in [0, 0.1) is 0 Å². The van der Waals surface area contributed by atoms with E-state index in [-0.39, 0.29) is 30.9 Å². The van der Waals surface area contributed by atoms with Gasteiger partial charge in [0.1, 0.15) is 0 Å². The number of rotatable bonds is 6. The molecule has 24 heavy (non-hydrogen) atoms. The summed E-state index contributed by atoms with van der Waals surface area (Å²) in [6.45, 7) is -0.224. The first-order chi connectivity index (χ1) is 11.3. The average molecular weight is 334 g/mol. The fraction of sp³-hybridized carbons (Fsp3) is 0.235. The zero-order valence-corrected chi connectivity index (χ0v) is 12.7. The summed E-state index contributed by atoms with van der Waals surface area (Å²) in [5.74, 6) is -3.36. The van der Waals surface area contributed by atoms with Crippen molar-refractivity contribution in [3.8, 4) is 23.0 Å². The van der Waals surface area contributed by atoms with Crippen molar-refractivity contribution in [3.05, 3.63) is 47.0 Å². The van der Waals surface area contributed by atoms with Gasteiger partial charge in [0, 0.05) is 12.5 Å². The summed E-state index contributed by atoms with van der Waals surface area (Å²) in [6, 6.07) is 6.48. The Labute approximate surface area is 137 Å². The van der Waals surface area contributed by atoms with Crippen molar-refractivity contribution in [2.45, 2.75) is 18.8 Å². The first-order valence-electron chi connectivity index (χ1n) is 7.22. The zero-order chi connectivity index (χ0) is 17.9. The van der Waals surface area contributed by atoms with Crippen LogP contribution in [-0.4, -0.2) is 43.2 Å². The maximum Gasteiger partial charge on any atom is 0.304 e. The number of aliphatic hydroxyl groups is 1. The Morgan fingerprint density at radius 1 is 0.917 bits per heavy atom. The van der Waals surface area contributed by atoms with Crippen LogP contribution in [0.4, 0.5) is 0 Å². The lowest BCUT2D eigenvalue weighted by atomic mass is 9.84. The summed E-state index contributed by atoms with van der Waals surface area (Å²) in [6.07, 6.45) is -0.184. The van der Waals surface area contributed by atoms with E-state index in [0.29, 0.717) is 16.7 Å². The Morgan fingerprint density at radius 3 is 2.12 bits per heavy atom. The minimum absolute atomic E-state index is 0.156. The van der Waals surface area contributed by atoms with Crippen LogP contribution in [0.2, 0.25) is 0 Å². The molecule has 0 aromatic heterocycles. The van der Waals surface area contributed by atoms with Crippen LogP contribution in [0.25, 0.3) is 0 Å². The topological polar surface area (TPSA) is 138 Å². The number of phenolic OH excluding ortho intramolecular Hbond substituents is 4. The molecule has 1 atom stereocenters. The molecule has 0 spiro atoms. The normalized spacial score (nSPS) is 12.0. The van der Waals surface area contributed by atoms with E-state index in [1.807, 2.05) is 0 Å². The largest absolute Gasteiger partial charge is 0.504 e. The van der Waals surface area contributed by atoms with Crippen LogP contribution >= 0.6 is 0 Å². The Kier molecular flexibility index (Phi) is 5.15. The maximum atomic E-state index is 11.3. The fourth-order valence-corrected chi connectivity index (χ4v) is 2.64. The highest BCUT2D eigenvalue weighted by molar-refractivity contribution is 5.70. The second kappa shape index (κ2) is 7.10. The van der Waals surface area contributed by atoms with Gasteiger partial charge in [-0.25, -0.2) is 0 Å². The first-order valence-corrected chi connectivity index (χ1v) is 7.22. The third kappa shape index (κ3) is 3.69. The zero-order valence-electron chi connectivity index (χ0n) is 12.7. The molecule has 2 aromatic rings. The summed E-state index contributed by atoms with van der Waals surface area (Å²) >= 11 is 0. The second-order valence-electron chi connectivity index (χ2n) is 5.41. The number of aliphatic hydroxyl groups excluding tert-OH is 1. The van der Waals surface area contributed by atoms with Crippen molar-refractivity contribution < 1.29 is 35.4 Å². The maximum absolute atomic E-state index is 11.3. The molecule has 0 unspecified atom stereocenters. The number of carbonyl (C=O) groups is 1. The smallest absolute Gasteiger partial charge is 0.304 e. The van der Waals surface area contributed by atoms with Gasteiger partial charge in [-0.2, -0.15) is 0 Å². The first kappa shape index (κ1) is 17.4. The lowest BCUT2D eigenvalue weighted by Crippen LogP contribution is -2.11. The van der Waals surface area contributed by atoms with Crippen LogP contribution in [0.1, 0.15) is 29.0 Å². The molecule has 2 aromatic carbocycles. The number of carboxylic acids is 1. The third-order valence-electron chi connectivity index (χ3n) is 3.77. The van der Waals surface area contributed by atoms with Gasteiger partial charge in [0.25, 0.3) is 0 Å². The molecule has 0 aliphatic carbocycles. The molecule has 0 aliphatic heterocycles. The average Bonchev–Trinajstić information content (AvgIpc) is 2.51. The van der Waals surface area contributed by atoms with Gasteiger partial charge in [-0.15, -0.1) is 0 Å². The lowest BCUT2D eigenvalue weighted by Gasteiger charge is -2.21. The number of carboxylic acid groups (broad SMARTS) is 1. The molecule has 0 heterocycles. The number of benzene rings is 2. The molecule has 0 saturated carbocycles. The van der Waals surface area contributed by atoms with Gasteiger partial charge in [0.2, 0.25) is 0 Å². The van der Waals surface area contributed by atoms with Crippen molar-refractivity contribution >= 4 is 5.97 Å². The van der Waals surface area contributed by atoms with E-state index in [0.717, 1.165) is 0 Å². The van der Waals surface area contributed by atoms with Crippen molar-refractivity contribution in [2.75, 3.05) is 6.61 Å². The van der Waals surface area contributed by atoms with E-state index in [9.17, 15) is 35.4 Å². The Hall–Kier alpha value is -2.93. The van der Waals surface area contributed by atoms with E-state index in [1.54, 1.807) is 0 Å². The Balaban J connectivity index is 2.61. The molecular weight excluding hydrogens is 316 g/mol. The quantitative estimate of drug-likeness (QED) is 0.442. The summed E-state index contributed by atoms with van der Waals surface area (Å²) < 4.78 is 0. The molecule has 0 saturated heterocycles. The van der Waals surface area contributed by atoms with E-state index < -0.39 is 23.4 Å². The summed E-state index contributed by atoms with van der Waals surface area (Å²) in [7, 11) is 0. The number of phenols is 4. The SMILES string of the molecule is O=C(O)C[C@@H](c1ccc(O)c(O)c1)c1cc(O)c(O)cc1CCO. The van der Waals surface area contributed by atoms with Gasteiger partial charge in [0.05, 0.1) is 6.42 Å². The molecule has 0 aliphatic rings. The monoisotopic (exact) mass is 334 g/mol. The van der Waals surface area contributed by atoms with Crippen LogP contribution in [0.15, 0.2) is 30.3 Å². The van der Waals surface area contributed by atoms with E-state index >= 15 is 0 Å². The Bertz CT molecular complexity index is 755. The summed E-state index contributed by atoms with van der Waals surface area (Å²) in [5.41, 5.74) is 1.30. The molecular formula is C17H18O7. The van der Waals surface area contributed by atoms with Crippen molar-refractivity contribution in [2.24, 2.45) is 0 Å². The molecule has 0 fully saturated rings. The van der Waals surface area contributed by atoms with Crippen LogP contribution in [0.3, 0.4) is 0 Å². The summed E-state index contributed by atoms with van der Waals surface area (Å²) in [4.78, 5) is 11.3. The second-order valence-corrected chi connectivity index (χ2v) is 5.41. The van der Waals surface area contributed by atoms with Gasteiger partial charge >= 0.3 is 5.97 Å². The molecule has 7 heteroatoms. The van der Waals surface area contributed by atoms with Crippen molar-refractivity contribution in [1.82, 2.24) is 0 Å². The molecule has 128 valence electrons. The minimum atomic E-state index is -1.10. The molecule has 0 radical (unpaired) electrons. The molecule has 7 nitrogen and oxygen atoms in total. The van der Waals surface area contributed by atoms with Crippen molar-refractivity contribution in [3.63, 3.8) is 0 Å². The summed E-state index contributed by atoms with van der Waals surface area (Å²) in [5, 5.41) is 56.9. The van der Waals surface area contributed by atoms with Crippen LogP contribution < -0.4 is 0 Å². The number of hydrogen-bond acceptors (Lipinski definition) is 6. The number of aromatic hydroxyl groups is 4. The van der Waals surface area contributed by atoms with Gasteiger partial charge < -0.3 is 30.6 Å². The van der Waals surface area contributed by atoms with Gasteiger partial charge in [-0.3, -0.25) is 4.79 Å². The van der Waals surface area contributed by atoms with Crippen molar-refractivity contribution in [1.29, 1.82) is 0 Å². The molecule has 6 N–H and O–H groups in total. The predicted octanol–water partition coefficient (Wildman–Crippen LogP) is 1.65. The lowest BCUT2D eigenvalue weighted by molar-refractivity contribution is -0.137. The molecule has 0 amide bonds. The minimum Gasteiger partial charge on any atom is -0.504 e. The molecule has 2 rings (SSSR count).